The monoisotopic (exact) mass is 337 g/mol. The second-order valence-electron chi connectivity index (χ2n) is 6.70. The number of nitrogens with zero attached hydrogens (tertiary/aromatic N) is 1. The quantitative estimate of drug-likeness (QED) is 0.619. The number of hydrogen-bond donors (Lipinski definition) is 0. The zero-order valence-electron chi connectivity index (χ0n) is 15.3. The summed E-state index contributed by atoms with van der Waals surface area (Å²) in [6.07, 6.45) is 1.72. The summed E-state index contributed by atoms with van der Waals surface area (Å²) in [5.74, 6) is 1.13. The average Bonchev–Trinajstić information content (AvgIpc) is 2.82. The number of anilines is 1. The molecule has 1 aliphatic heterocycles. The molecule has 3 rings (SSSR count). The molecule has 4 nitrogen and oxygen atoms in total. The van der Waals surface area contributed by atoms with Crippen LogP contribution in [0, 0.1) is 0 Å². The summed E-state index contributed by atoms with van der Waals surface area (Å²) >= 11 is 0. The Morgan fingerprint density at radius 2 is 1.64 bits per heavy atom. The largest absolute Gasteiger partial charge is 0.497 e. The van der Waals surface area contributed by atoms with Crippen LogP contribution >= 0.6 is 0 Å². The molecule has 0 saturated carbocycles. The number of likely N-dealkylation sites (N-methyl/N-ethyl adjacent to an activating group) is 1. The maximum Gasteiger partial charge on any atom is 0.187 e. The molecule has 1 aliphatic rings. The predicted molar refractivity (Wildman–Crippen MR) is 99.8 cm³/mol. The van der Waals surface area contributed by atoms with Crippen LogP contribution in [0.5, 0.6) is 11.5 Å². The summed E-state index contributed by atoms with van der Waals surface area (Å²) in [5.41, 5.74) is 3.64. The van der Waals surface area contributed by atoms with E-state index in [1.54, 1.807) is 38.5 Å². The molecular weight excluding hydrogens is 314 g/mol. The minimum absolute atomic E-state index is 0.0695. The van der Waals surface area contributed by atoms with Crippen LogP contribution < -0.4 is 14.4 Å². The van der Waals surface area contributed by atoms with Crippen molar-refractivity contribution in [2.24, 2.45) is 0 Å². The summed E-state index contributed by atoms with van der Waals surface area (Å²) in [5, 5.41) is 0. The van der Waals surface area contributed by atoms with Gasteiger partial charge >= 0.3 is 0 Å². The van der Waals surface area contributed by atoms with Crippen LogP contribution in [0.4, 0.5) is 5.69 Å². The van der Waals surface area contributed by atoms with Crippen LogP contribution in [0.15, 0.2) is 54.2 Å². The van der Waals surface area contributed by atoms with E-state index in [1.807, 2.05) is 19.2 Å². The SMILES string of the molecule is COc1cc(OC)cc(C(=O)/C=C2\N(C)c3ccccc3C2(C)C)c1. The first-order valence-electron chi connectivity index (χ1n) is 8.21. The maximum absolute atomic E-state index is 12.9. The molecule has 2 aromatic carbocycles. The predicted octanol–water partition coefficient (Wildman–Crippen LogP) is 4.20. The van der Waals surface area contributed by atoms with Crippen LogP contribution in [0.1, 0.15) is 29.8 Å². The number of rotatable bonds is 4. The van der Waals surface area contributed by atoms with Gasteiger partial charge in [-0.05, 0) is 23.8 Å². The number of benzene rings is 2. The first-order chi connectivity index (χ1) is 11.9. The van der Waals surface area contributed by atoms with Crippen molar-refractivity contribution in [2.75, 3.05) is 26.2 Å². The Bertz CT molecular complexity index is 830. The van der Waals surface area contributed by atoms with Gasteiger partial charge in [0, 0.05) is 41.6 Å². The molecule has 0 bridgehead atoms. The molecular formula is C21H23NO3. The van der Waals surface area contributed by atoms with Crippen LogP contribution in [0.2, 0.25) is 0 Å². The lowest BCUT2D eigenvalue weighted by Crippen LogP contribution is -2.24. The minimum Gasteiger partial charge on any atom is -0.497 e. The van der Waals surface area contributed by atoms with E-state index in [-0.39, 0.29) is 11.2 Å². The minimum atomic E-state index is -0.232. The smallest absolute Gasteiger partial charge is 0.187 e. The lowest BCUT2D eigenvalue weighted by atomic mass is 9.83. The number of para-hydroxylation sites is 1. The summed E-state index contributed by atoms with van der Waals surface area (Å²) < 4.78 is 10.5. The van der Waals surface area contributed by atoms with Gasteiger partial charge in [-0.2, -0.15) is 0 Å². The van der Waals surface area contributed by atoms with Crippen LogP contribution in [-0.2, 0) is 5.41 Å². The highest BCUT2D eigenvalue weighted by Crippen LogP contribution is 2.46. The van der Waals surface area contributed by atoms with E-state index in [4.69, 9.17) is 9.47 Å². The molecule has 130 valence electrons. The van der Waals surface area contributed by atoms with Crippen molar-refractivity contribution < 1.29 is 14.3 Å². The molecule has 0 spiro atoms. The maximum atomic E-state index is 12.9. The number of allylic oxidation sites excluding steroid dienone is 2. The molecule has 0 N–H and O–H groups in total. The standard InChI is InChI=1S/C21H23NO3/c1-21(2)17-8-6-7-9-18(17)22(3)20(21)13-19(23)14-10-15(24-4)12-16(11-14)25-5/h6-13H,1-5H3/b20-13-. The fourth-order valence-corrected chi connectivity index (χ4v) is 3.42. The van der Waals surface area contributed by atoms with Crippen LogP contribution in [0.25, 0.3) is 0 Å². The van der Waals surface area contributed by atoms with Crippen LogP contribution in [0.3, 0.4) is 0 Å². The zero-order valence-corrected chi connectivity index (χ0v) is 15.3. The molecule has 0 fully saturated rings. The van der Waals surface area contributed by atoms with Gasteiger partial charge < -0.3 is 14.4 Å². The van der Waals surface area contributed by atoms with Gasteiger partial charge in [0.05, 0.1) is 14.2 Å². The molecule has 25 heavy (non-hydrogen) atoms. The van der Waals surface area contributed by atoms with Crippen molar-refractivity contribution in [1.82, 2.24) is 0 Å². The van der Waals surface area contributed by atoms with E-state index in [1.165, 1.54) is 5.56 Å². The molecule has 0 atom stereocenters. The van der Waals surface area contributed by atoms with Crippen LogP contribution in [-0.4, -0.2) is 27.1 Å². The van der Waals surface area contributed by atoms with Crippen molar-refractivity contribution in [3.8, 4) is 11.5 Å². The van der Waals surface area contributed by atoms with Gasteiger partial charge in [0.2, 0.25) is 0 Å². The number of fused-ring (bicyclic) bond motifs is 1. The number of ether oxygens (including phenoxy) is 2. The molecule has 0 aromatic heterocycles. The molecule has 0 amide bonds. The van der Waals surface area contributed by atoms with Gasteiger partial charge in [0.15, 0.2) is 5.78 Å². The molecule has 0 unspecified atom stereocenters. The fourth-order valence-electron chi connectivity index (χ4n) is 3.42. The molecule has 0 aliphatic carbocycles. The number of hydrogen-bond acceptors (Lipinski definition) is 4. The van der Waals surface area contributed by atoms with Crippen molar-refractivity contribution in [2.45, 2.75) is 19.3 Å². The lowest BCUT2D eigenvalue weighted by Gasteiger charge is -2.24. The van der Waals surface area contributed by atoms with Gasteiger partial charge in [-0.25, -0.2) is 0 Å². The van der Waals surface area contributed by atoms with Crippen molar-refractivity contribution in [3.05, 3.63) is 65.4 Å². The normalized spacial score (nSPS) is 16.7. The van der Waals surface area contributed by atoms with Crippen molar-refractivity contribution in [3.63, 3.8) is 0 Å². The highest BCUT2D eigenvalue weighted by Gasteiger charge is 2.38. The van der Waals surface area contributed by atoms with Gasteiger partial charge in [-0.1, -0.05) is 32.0 Å². The second-order valence-corrected chi connectivity index (χ2v) is 6.70. The molecule has 1 heterocycles. The average molecular weight is 337 g/mol. The van der Waals surface area contributed by atoms with E-state index in [2.05, 4.69) is 30.9 Å². The first-order valence-corrected chi connectivity index (χ1v) is 8.21. The molecule has 0 radical (unpaired) electrons. The highest BCUT2D eigenvalue weighted by atomic mass is 16.5. The zero-order chi connectivity index (χ0) is 18.2. The Morgan fingerprint density at radius 3 is 2.20 bits per heavy atom. The van der Waals surface area contributed by atoms with E-state index in [9.17, 15) is 4.79 Å². The third-order valence-corrected chi connectivity index (χ3v) is 4.84. The Kier molecular flexibility index (Phi) is 4.29. The third kappa shape index (κ3) is 2.88. The van der Waals surface area contributed by atoms with E-state index in [0.29, 0.717) is 17.1 Å². The fraction of sp³-hybridized carbons (Fsp3) is 0.286. The number of methoxy groups -OCH3 is 2. The van der Waals surface area contributed by atoms with Gasteiger partial charge in [-0.3, -0.25) is 4.79 Å². The van der Waals surface area contributed by atoms with Gasteiger partial charge in [0.1, 0.15) is 11.5 Å². The molecule has 4 heteroatoms. The van der Waals surface area contributed by atoms with E-state index >= 15 is 0 Å². The first kappa shape index (κ1) is 17.1. The lowest BCUT2D eigenvalue weighted by molar-refractivity contribution is 0.104. The second kappa shape index (κ2) is 6.28. The van der Waals surface area contributed by atoms with Crippen molar-refractivity contribution >= 4 is 11.5 Å². The Hall–Kier alpha value is -2.75. The van der Waals surface area contributed by atoms with Gasteiger partial charge in [-0.15, -0.1) is 0 Å². The molecule has 0 saturated heterocycles. The Balaban J connectivity index is 2.03. The van der Waals surface area contributed by atoms with Crippen molar-refractivity contribution in [1.29, 1.82) is 0 Å². The van der Waals surface area contributed by atoms with Gasteiger partial charge in [0.25, 0.3) is 0 Å². The summed E-state index contributed by atoms with van der Waals surface area (Å²) in [4.78, 5) is 15.0. The summed E-state index contributed by atoms with van der Waals surface area (Å²) in [6.45, 7) is 4.28. The summed E-state index contributed by atoms with van der Waals surface area (Å²) in [6, 6.07) is 13.5. The molecule has 2 aromatic rings. The van der Waals surface area contributed by atoms with E-state index in [0.717, 1.165) is 11.4 Å². The highest BCUT2D eigenvalue weighted by molar-refractivity contribution is 6.06. The Labute approximate surface area is 148 Å². The Morgan fingerprint density at radius 1 is 1.04 bits per heavy atom. The van der Waals surface area contributed by atoms with E-state index < -0.39 is 0 Å². The number of carbonyl (C=O) groups is 1. The number of carbonyl (C=O) groups excluding carboxylic acids is 1. The number of ketones is 1. The third-order valence-electron chi connectivity index (χ3n) is 4.84. The topological polar surface area (TPSA) is 38.8 Å². The summed E-state index contributed by atoms with van der Waals surface area (Å²) in [7, 11) is 5.15.